The van der Waals surface area contributed by atoms with Crippen molar-refractivity contribution in [3.8, 4) is 0 Å². The summed E-state index contributed by atoms with van der Waals surface area (Å²) in [7, 11) is 0. The molecule has 5 heteroatoms. The molecule has 4 nitrogen and oxygen atoms in total. The van der Waals surface area contributed by atoms with Crippen LogP contribution < -0.4 is 0 Å². The Kier molecular flexibility index (Phi) is 4.45. The number of likely N-dealkylation sites (tertiary alicyclic amines) is 1. The molecule has 3 aromatic rings. The highest BCUT2D eigenvalue weighted by atomic mass is 19.1. The average molecular weight is 351 g/mol. The number of benzene rings is 1. The van der Waals surface area contributed by atoms with Gasteiger partial charge in [-0.3, -0.25) is 4.79 Å². The Labute approximate surface area is 152 Å². The van der Waals surface area contributed by atoms with E-state index in [2.05, 4.69) is 4.98 Å². The van der Waals surface area contributed by atoms with Crippen molar-refractivity contribution >= 4 is 11.6 Å². The zero-order valence-corrected chi connectivity index (χ0v) is 14.9. The molecule has 26 heavy (non-hydrogen) atoms. The lowest BCUT2D eigenvalue weighted by molar-refractivity contribution is -0.130. The number of aryl methyl sites for hydroxylation is 1. The Bertz CT molecular complexity index is 943. The molecule has 4 rings (SSSR count). The van der Waals surface area contributed by atoms with Crippen molar-refractivity contribution in [3.05, 3.63) is 71.4 Å². The predicted molar refractivity (Wildman–Crippen MR) is 98.6 cm³/mol. The summed E-state index contributed by atoms with van der Waals surface area (Å²) >= 11 is 0. The van der Waals surface area contributed by atoms with Crippen LogP contribution in [0.25, 0.3) is 5.65 Å². The van der Waals surface area contributed by atoms with Crippen molar-refractivity contribution in [2.75, 3.05) is 13.1 Å². The first-order chi connectivity index (χ1) is 12.6. The summed E-state index contributed by atoms with van der Waals surface area (Å²) in [6.07, 6.45) is 6.06. The van der Waals surface area contributed by atoms with Gasteiger partial charge < -0.3 is 9.30 Å². The maximum atomic E-state index is 14.6. The second-order valence-electron chi connectivity index (χ2n) is 6.98. The molecule has 1 fully saturated rings. The Hall–Kier alpha value is -2.69. The number of amides is 1. The molecule has 0 saturated carbocycles. The number of pyridine rings is 1. The van der Waals surface area contributed by atoms with Gasteiger partial charge in [0.2, 0.25) is 5.91 Å². The van der Waals surface area contributed by atoms with Gasteiger partial charge in [-0.15, -0.1) is 0 Å². The third-order valence-corrected chi connectivity index (χ3v) is 5.17. The highest BCUT2D eigenvalue weighted by Gasteiger charge is 2.27. The van der Waals surface area contributed by atoms with Crippen LogP contribution in [0.2, 0.25) is 0 Å². The molecule has 0 N–H and O–H groups in total. The number of fused-ring (bicyclic) bond motifs is 1. The number of carbonyl (C=O) groups is 1. The van der Waals surface area contributed by atoms with E-state index in [-0.39, 0.29) is 24.1 Å². The lowest BCUT2D eigenvalue weighted by Crippen LogP contribution is -2.29. The van der Waals surface area contributed by atoms with E-state index in [1.807, 2.05) is 40.6 Å². The van der Waals surface area contributed by atoms with Crippen LogP contribution in [0.1, 0.15) is 42.0 Å². The Balaban J connectivity index is 1.76. The minimum Gasteiger partial charge on any atom is -0.343 e. The van der Waals surface area contributed by atoms with Crippen LogP contribution in [-0.4, -0.2) is 33.3 Å². The van der Waals surface area contributed by atoms with Crippen LogP contribution in [0.5, 0.6) is 0 Å². The maximum absolute atomic E-state index is 14.6. The van der Waals surface area contributed by atoms with E-state index in [0.29, 0.717) is 5.56 Å². The number of halogens is 1. The molecule has 1 atom stereocenters. The summed E-state index contributed by atoms with van der Waals surface area (Å²) in [6.45, 7) is 3.62. The number of rotatable bonds is 4. The second kappa shape index (κ2) is 6.90. The Morgan fingerprint density at radius 3 is 2.77 bits per heavy atom. The highest BCUT2D eigenvalue weighted by Crippen LogP contribution is 2.31. The SMILES string of the molecule is Cc1ccn2c([C@H](CC(=O)N3CCCC3)c3ccccc3F)cnc2c1. The molecular weight excluding hydrogens is 329 g/mol. The second-order valence-corrected chi connectivity index (χ2v) is 6.98. The molecule has 1 aliphatic heterocycles. The number of hydrogen-bond donors (Lipinski definition) is 0. The number of hydrogen-bond acceptors (Lipinski definition) is 2. The van der Waals surface area contributed by atoms with Gasteiger partial charge in [0.1, 0.15) is 11.5 Å². The lowest BCUT2D eigenvalue weighted by atomic mass is 9.91. The summed E-state index contributed by atoms with van der Waals surface area (Å²) in [5, 5.41) is 0. The van der Waals surface area contributed by atoms with Gasteiger partial charge in [0.05, 0.1) is 5.69 Å². The van der Waals surface area contributed by atoms with E-state index in [1.54, 1.807) is 18.3 Å². The molecule has 1 saturated heterocycles. The van der Waals surface area contributed by atoms with Gasteiger partial charge in [-0.05, 0) is 49.1 Å². The molecule has 0 radical (unpaired) electrons. The normalized spacial score (nSPS) is 15.5. The van der Waals surface area contributed by atoms with Gasteiger partial charge in [-0.2, -0.15) is 0 Å². The van der Waals surface area contributed by atoms with E-state index < -0.39 is 0 Å². The van der Waals surface area contributed by atoms with E-state index in [0.717, 1.165) is 42.8 Å². The quantitative estimate of drug-likeness (QED) is 0.714. The minimum absolute atomic E-state index is 0.0813. The van der Waals surface area contributed by atoms with Crippen LogP contribution in [0.3, 0.4) is 0 Å². The fourth-order valence-corrected chi connectivity index (χ4v) is 3.76. The van der Waals surface area contributed by atoms with Crippen molar-refractivity contribution < 1.29 is 9.18 Å². The van der Waals surface area contributed by atoms with Crippen LogP contribution in [0, 0.1) is 12.7 Å². The minimum atomic E-state index is -0.359. The summed E-state index contributed by atoms with van der Waals surface area (Å²) in [4.78, 5) is 19.2. The van der Waals surface area contributed by atoms with Crippen LogP contribution in [0.15, 0.2) is 48.8 Å². The fraction of sp³-hybridized carbons (Fsp3) is 0.333. The van der Waals surface area contributed by atoms with E-state index in [4.69, 9.17) is 0 Å². The zero-order chi connectivity index (χ0) is 18.1. The lowest BCUT2D eigenvalue weighted by Gasteiger charge is -2.22. The van der Waals surface area contributed by atoms with E-state index in [1.165, 1.54) is 6.07 Å². The van der Waals surface area contributed by atoms with Crippen LogP contribution in [0.4, 0.5) is 4.39 Å². The van der Waals surface area contributed by atoms with Crippen LogP contribution in [-0.2, 0) is 4.79 Å². The van der Waals surface area contributed by atoms with Gasteiger partial charge in [0.25, 0.3) is 0 Å². The molecule has 0 aliphatic carbocycles. The topological polar surface area (TPSA) is 37.6 Å². The largest absolute Gasteiger partial charge is 0.343 e. The number of nitrogens with zero attached hydrogens (tertiary/aromatic N) is 3. The number of aromatic nitrogens is 2. The first kappa shape index (κ1) is 16.8. The standard InChI is InChI=1S/C21H22FN3O/c1-15-8-11-25-19(14-23-20(25)12-15)17(16-6-2-3-7-18(16)22)13-21(26)24-9-4-5-10-24/h2-3,6-8,11-12,14,17H,4-5,9-10,13H2,1H3/t17-/m1/s1. The number of imidazole rings is 1. The molecule has 134 valence electrons. The first-order valence-corrected chi connectivity index (χ1v) is 9.09. The van der Waals surface area contributed by atoms with Gasteiger partial charge in [-0.25, -0.2) is 9.37 Å². The third kappa shape index (κ3) is 3.09. The molecule has 0 spiro atoms. The van der Waals surface area contributed by atoms with E-state index in [9.17, 15) is 9.18 Å². The van der Waals surface area contributed by atoms with Gasteiger partial charge >= 0.3 is 0 Å². The van der Waals surface area contributed by atoms with Gasteiger partial charge in [-0.1, -0.05) is 18.2 Å². The summed E-state index contributed by atoms with van der Waals surface area (Å²) in [5.41, 5.74) is 3.32. The van der Waals surface area contributed by atoms with Gasteiger partial charge in [0, 0.05) is 37.8 Å². The summed E-state index contributed by atoms with van der Waals surface area (Å²) in [6, 6.07) is 10.7. The highest BCUT2D eigenvalue weighted by molar-refractivity contribution is 5.78. The van der Waals surface area contributed by atoms with Crippen molar-refractivity contribution in [1.82, 2.24) is 14.3 Å². The third-order valence-electron chi connectivity index (χ3n) is 5.17. The van der Waals surface area contributed by atoms with Crippen molar-refractivity contribution in [1.29, 1.82) is 0 Å². The summed E-state index contributed by atoms with van der Waals surface area (Å²) < 4.78 is 16.5. The molecule has 3 heterocycles. The number of carbonyl (C=O) groups excluding carboxylic acids is 1. The summed E-state index contributed by atoms with van der Waals surface area (Å²) in [5.74, 6) is -0.561. The van der Waals surface area contributed by atoms with Crippen molar-refractivity contribution in [2.45, 2.75) is 32.1 Å². The van der Waals surface area contributed by atoms with Crippen molar-refractivity contribution in [2.24, 2.45) is 0 Å². The monoisotopic (exact) mass is 351 g/mol. The molecular formula is C21H22FN3O. The molecule has 1 amide bonds. The van der Waals surface area contributed by atoms with Gasteiger partial charge in [0.15, 0.2) is 0 Å². The molecule has 1 aliphatic rings. The molecule has 0 unspecified atom stereocenters. The Morgan fingerprint density at radius 2 is 2.00 bits per heavy atom. The van der Waals surface area contributed by atoms with Crippen molar-refractivity contribution in [3.63, 3.8) is 0 Å². The van der Waals surface area contributed by atoms with E-state index >= 15 is 0 Å². The molecule has 2 aromatic heterocycles. The zero-order valence-electron chi connectivity index (χ0n) is 14.9. The predicted octanol–water partition coefficient (Wildman–Crippen LogP) is 3.93. The smallest absolute Gasteiger partial charge is 0.223 e. The fourth-order valence-electron chi connectivity index (χ4n) is 3.76. The molecule has 0 bridgehead atoms. The average Bonchev–Trinajstić information content (AvgIpc) is 3.30. The van der Waals surface area contributed by atoms with Crippen LogP contribution >= 0.6 is 0 Å². The maximum Gasteiger partial charge on any atom is 0.223 e. The molecule has 1 aromatic carbocycles. The Morgan fingerprint density at radius 1 is 1.23 bits per heavy atom. The first-order valence-electron chi connectivity index (χ1n) is 9.09.